The van der Waals surface area contributed by atoms with Crippen LogP contribution in [0.5, 0.6) is 0 Å². The van der Waals surface area contributed by atoms with E-state index in [1.807, 2.05) is 25.1 Å². The monoisotopic (exact) mass is 380 g/mol. The number of aromatic nitrogens is 1. The molecule has 146 valence electrons. The number of ether oxygens (including phenoxy) is 1. The molecule has 1 unspecified atom stereocenters. The normalized spacial score (nSPS) is 17.7. The molecule has 4 nitrogen and oxygen atoms in total. The first kappa shape index (κ1) is 18.8. The van der Waals surface area contributed by atoms with E-state index in [9.17, 15) is 4.39 Å². The van der Waals surface area contributed by atoms with Gasteiger partial charge in [-0.05, 0) is 44.0 Å². The second kappa shape index (κ2) is 8.67. The molecule has 0 saturated carbocycles. The molecule has 2 heterocycles. The second-order valence-electron chi connectivity index (χ2n) is 7.30. The molecule has 0 bridgehead atoms. The van der Waals surface area contributed by atoms with Crippen LogP contribution in [0.3, 0.4) is 0 Å². The van der Waals surface area contributed by atoms with Gasteiger partial charge in [-0.1, -0.05) is 42.5 Å². The first-order valence-electron chi connectivity index (χ1n) is 9.78. The highest BCUT2D eigenvalue weighted by Gasteiger charge is 2.23. The molecule has 0 radical (unpaired) electrons. The Labute approximate surface area is 165 Å². The van der Waals surface area contributed by atoms with Crippen molar-refractivity contribution in [2.24, 2.45) is 0 Å². The van der Waals surface area contributed by atoms with E-state index in [1.165, 1.54) is 11.6 Å². The molecule has 0 spiro atoms. The van der Waals surface area contributed by atoms with Gasteiger partial charge in [-0.15, -0.1) is 0 Å². The van der Waals surface area contributed by atoms with Crippen LogP contribution in [0.25, 0.3) is 11.5 Å². The summed E-state index contributed by atoms with van der Waals surface area (Å²) in [7, 11) is 0. The maximum Gasteiger partial charge on any atom is 0.229 e. The Morgan fingerprint density at radius 1 is 1.14 bits per heavy atom. The molecule has 2 aromatic carbocycles. The summed E-state index contributed by atoms with van der Waals surface area (Å²) in [5.41, 5.74) is 2.46. The molecule has 0 aliphatic carbocycles. The summed E-state index contributed by atoms with van der Waals surface area (Å²) in [5.74, 6) is 0.771. The summed E-state index contributed by atoms with van der Waals surface area (Å²) in [4.78, 5) is 6.91. The molecule has 1 saturated heterocycles. The summed E-state index contributed by atoms with van der Waals surface area (Å²) in [6, 6.07) is 16.8. The summed E-state index contributed by atoms with van der Waals surface area (Å²) >= 11 is 0. The Balaban J connectivity index is 1.38. The van der Waals surface area contributed by atoms with E-state index in [0.717, 1.165) is 37.4 Å². The number of nitrogens with zero attached hydrogens (tertiary/aromatic N) is 2. The van der Waals surface area contributed by atoms with Crippen LogP contribution in [-0.4, -0.2) is 29.1 Å². The van der Waals surface area contributed by atoms with Crippen molar-refractivity contribution in [3.05, 3.63) is 77.4 Å². The predicted molar refractivity (Wildman–Crippen MR) is 106 cm³/mol. The lowest BCUT2D eigenvalue weighted by Crippen LogP contribution is -2.39. The molecule has 1 atom stereocenters. The van der Waals surface area contributed by atoms with E-state index in [4.69, 9.17) is 9.15 Å². The molecule has 5 heteroatoms. The van der Waals surface area contributed by atoms with Crippen LogP contribution in [0.15, 0.2) is 59.0 Å². The third kappa shape index (κ3) is 4.49. The Bertz CT molecular complexity index is 910. The summed E-state index contributed by atoms with van der Waals surface area (Å²) < 4.78 is 25.9. The highest BCUT2D eigenvalue weighted by atomic mass is 19.1. The van der Waals surface area contributed by atoms with Gasteiger partial charge in [0.25, 0.3) is 0 Å². The highest BCUT2D eigenvalue weighted by molar-refractivity contribution is 5.54. The predicted octanol–water partition coefficient (Wildman–Crippen LogP) is 4.97. The lowest BCUT2D eigenvalue weighted by molar-refractivity contribution is -0.0123. The molecule has 28 heavy (non-hydrogen) atoms. The number of likely N-dealkylation sites (tertiary alicyclic amines) is 1. The number of piperidine rings is 1. The van der Waals surface area contributed by atoms with E-state index >= 15 is 0 Å². The zero-order valence-corrected chi connectivity index (χ0v) is 16.1. The van der Waals surface area contributed by atoms with Crippen LogP contribution in [0.1, 0.15) is 29.9 Å². The number of hydrogen-bond donors (Lipinski definition) is 0. The SMILES string of the molecule is Cc1oc(-c2ccccc2F)nc1CN1CCCC(OCc2ccccc2)C1. The number of aryl methyl sites for hydroxylation is 1. The molecule has 1 aliphatic rings. The molecule has 3 aromatic rings. The van der Waals surface area contributed by atoms with Crippen LogP contribution in [0.4, 0.5) is 4.39 Å². The van der Waals surface area contributed by atoms with Crippen molar-refractivity contribution in [1.29, 1.82) is 0 Å². The fourth-order valence-corrected chi connectivity index (χ4v) is 3.62. The van der Waals surface area contributed by atoms with Crippen LogP contribution >= 0.6 is 0 Å². The molecule has 0 N–H and O–H groups in total. The summed E-state index contributed by atoms with van der Waals surface area (Å²) in [6.45, 7) is 5.09. The number of oxazole rings is 1. The van der Waals surface area contributed by atoms with Gasteiger partial charge in [0.15, 0.2) is 0 Å². The molecular formula is C23H25FN2O2. The van der Waals surface area contributed by atoms with Crippen LogP contribution < -0.4 is 0 Å². The lowest BCUT2D eigenvalue weighted by Gasteiger charge is -2.32. The van der Waals surface area contributed by atoms with Gasteiger partial charge in [-0.25, -0.2) is 9.37 Å². The average molecular weight is 380 g/mol. The zero-order chi connectivity index (χ0) is 19.3. The van der Waals surface area contributed by atoms with Crippen LogP contribution in [-0.2, 0) is 17.9 Å². The maximum absolute atomic E-state index is 14.0. The summed E-state index contributed by atoms with van der Waals surface area (Å²) in [6.07, 6.45) is 2.38. The lowest BCUT2D eigenvalue weighted by atomic mass is 10.1. The van der Waals surface area contributed by atoms with Gasteiger partial charge in [0.2, 0.25) is 5.89 Å². The number of halogens is 1. The Morgan fingerprint density at radius 3 is 2.75 bits per heavy atom. The smallest absolute Gasteiger partial charge is 0.229 e. The van der Waals surface area contributed by atoms with Crippen molar-refractivity contribution in [3.8, 4) is 11.5 Å². The number of rotatable bonds is 6. The molecule has 1 fully saturated rings. The minimum absolute atomic E-state index is 0.215. The molecule has 1 aliphatic heterocycles. The first-order valence-corrected chi connectivity index (χ1v) is 9.78. The third-order valence-corrected chi connectivity index (χ3v) is 5.16. The Hall–Kier alpha value is -2.50. The van der Waals surface area contributed by atoms with E-state index in [0.29, 0.717) is 24.6 Å². The van der Waals surface area contributed by atoms with Gasteiger partial charge in [0.1, 0.15) is 11.6 Å². The molecule has 0 amide bonds. The zero-order valence-electron chi connectivity index (χ0n) is 16.1. The minimum atomic E-state index is -0.317. The van der Waals surface area contributed by atoms with Crippen molar-refractivity contribution in [2.75, 3.05) is 13.1 Å². The minimum Gasteiger partial charge on any atom is -0.441 e. The van der Waals surface area contributed by atoms with Crippen molar-refractivity contribution >= 4 is 0 Å². The van der Waals surface area contributed by atoms with E-state index in [1.54, 1.807) is 18.2 Å². The molecule has 4 rings (SSSR count). The van der Waals surface area contributed by atoms with Crippen LogP contribution in [0.2, 0.25) is 0 Å². The van der Waals surface area contributed by atoms with E-state index < -0.39 is 0 Å². The molecule has 1 aromatic heterocycles. The first-order chi connectivity index (χ1) is 13.7. The van der Waals surface area contributed by atoms with Gasteiger partial charge >= 0.3 is 0 Å². The fourth-order valence-electron chi connectivity index (χ4n) is 3.62. The average Bonchev–Trinajstić information content (AvgIpc) is 3.08. The van der Waals surface area contributed by atoms with Crippen LogP contribution in [0, 0.1) is 12.7 Å². The van der Waals surface area contributed by atoms with Gasteiger partial charge in [-0.2, -0.15) is 0 Å². The Morgan fingerprint density at radius 2 is 1.93 bits per heavy atom. The standard InChI is InChI=1S/C23H25FN2O2/c1-17-22(25-23(28-17)20-11-5-6-12-21(20)24)15-26-13-7-10-19(14-26)27-16-18-8-3-2-4-9-18/h2-6,8-9,11-12,19H,7,10,13-16H2,1H3. The third-order valence-electron chi connectivity index (χ3n) is 5.16. The van der Waals surface area contributed by atoms with Crippen molar-refractivity contribution in [1.82, 2.24) is 9.88 Å². The number of hydrogen-bond acceptors (Lipinski definition) is 4. The quantitative estimate of drug-likeness (QED) is 0.605. The van der Waals surface area contributed by atoms with E-state index in [-0.39, 0.29) is 11.9 Å². The fraction of sp³-hybridized carbons (Fsp3) is 0.348. The largest absolute Gasteiger partial charge is 0.441 e. The topological polar surface area (TPSA) is 38.5 Å². The Kier molecular flexibility index (Phi) is 5.84. The van der Waals surface area contributed by atoms with Gasteiger partial charge < -0.3 is 9.15 Å². The van der Waals surface area contributed by atoms with E-state index in [2.05, 4.69) is 22.0 Å². The van der Waals surface area contributed by atoms with Gasteiger partial charge in [-0.3, -0.25) is 4.90 Å². The van der Waals surface area contributed by atoms with Gasteiger partial charge in [0, 0.05) is 13.1 Å². The maximum atomic E-state index is 14.0. The van der Waals surface area contributed by atoms with Gasteiger partial charge in [0.05, 0.1) is 24.0 Å². The number of benzene rings is 2. The van der Waals surface area contributed by atoms with Crippen molar-refractivity contribution in [2.45, 2.75) is 39.0 Å². The van der Waals surface area contributed by atoms with Crippen molar-refractivity contribution < 1.29 is 13.5 Å². The van der Waals surface area contributed by atoms with Crippen molar-refractivity contribution in [3.63, 3.8) is 0 Å². The second-order valence-corrected chi connectivity index (χ2v) is 7.30. The molecular weight excluding hydrogens is 355 g/mol. The highest BCUT2D eigenvalue weighted by Crippen LogP contribution is 2.26. The summed E-state index contributed by atoms with van der Waals surface area (Å²) in [5, 5.41) is 0.